The average molecular weight is 379 g/mol. The van der Waals surface area contributed by atoms with E-state index in [0.717, 1.165) is 0 Å². The Morgan fingerprint density at radius 3 is 2.70 bits per heavy atom. The second-order valence-electron chi connectivity index (χ2n) is 4.60. The lowest BCUT2D eigenvalue weighted by molar-refractivity contribution is -0.129. The van der Waals surface area contributed by atoms with Gasteiger partial charge in [0.2, 0.25) is 0 Å². The van der Waals surface area contributed by atoms with Crippen LogP contribution >= 0.6 is 15.9 Å². The smallest absolute Gasteiger partial charge is 0.273 e. The van der Waals surface area contributed by atoms with E-state index < -0.39 is 12.0 Å². The number of aliphatic hydroxyl groups is 1. The van der Waals surface area contributed by atoms with Crippen molar-refractivity contribution in [2.75, 3.05) is 7.11 Å². The Balaban J connectivity index is 2.04. The van der Waals surface area contributed by atoms with Gasteiger partial charge in [0.15, 0.2) is 17.6 Å². The number of rotatable bonds is 5. The van der Waals surface area contributed by atoms with E-state index in [2.05, 4.69) is 26.5 Å². The molecular weight excluding hydrogens is 364 g/mol. The Kier molecular flexibility index (Phi) is 5.72. The summed E-state index contributed by atoms with van der Waals surface area (Å²) in [5, 5.41) is 23.4. The van der Waals surface area contributed by atoms with Crippen molar-refractivity contribution in [1.29, 1.82) is 0 Å². The summed E-state index contributed by atoms with van der Waals surface area (Å²) < 4.78 is 5.46. The van der Waals surface area contributed by atoms with Gasteiger partial charge in [-0.05, 0) is 39.2 Å². The SMILES string of the molecule is COc1cc(/C=N/NC(=O)[C@H](O)c2ccccc2)cc(Br)c1O. The molecule has 0 aliphatic rings. The van der Waals surface area contributed by atoms with Gasteiger partial charge in [0, 0.05) is 0 Å². The third-order valence-corrected chi connectivity index (χ3v) is 3.63. The standard InChI is InChI=1S/C16H15BrN2O4/c1-23-13-8-10(7-12(17)15(13)21)9-18-19-16(22)14(20)11-5-3-2-4-6-11/h2-9,14,20-21H,1H3,(H,19,22)/b18-9+/t14-/m1/s1. The van der Waals surface area contributed by atoms with Crippen LogP contribution in [0, 0.1) is 0 Å². The number of nitrogens with one attached hydrogen (secondary N) is 1. The number of hydrogen-bond donors (Lipinski definition) is 3. The quantitative estimate of drug-likeness (QED) is 0.550. The lowest BCUT2D eigenvalue weighted by atomic mass is 10.1. The summed E-state index contributed by atoms with van der Waals surface area (Å²) in [6, 6.07) is 11.7. The highest BCUT2D eigenvalue weighted by atomic mass is 79.9. The maximum absolute atomic E-state index is 11.8. The minimum Gasteiger partial charge on any atom is -0.503 e. The van der Waals surface area contributed by atoms with Gasteiger partial charge < -0.3 is 14.9 Å². The summed E-state index contributed by atoms with van der Waals surface area (Å²) in [5.41, 5.74) is 3.34. The molecular formula is C16H15BrN2O4. The molecule has 120 valence electrons. The first-order chi connectivity index (χ1) is 11.0. The number of aromatic hydroxyl groups is 1. The van der Waals surface area contributed by atoms with E-state index in [1.165, 1.54) is 13.3 Å². The maximum Gasteiger partial charge on any atom is 0.273 e. The number of nitrogens with zero attached hydrogens (tertiary/aromatic N) is 1. The number of amides is 1. The fraction of sp³-hybridized carbons (Fsp3) is 0.125. The van der Waals surface area contributed by atoms with Crippen molar-refractivity contribution in [3.63, 3.8) is 0 Å². The molecule has 2 aromatic rings. The topological polar surface area (TPSA) is 91.2 Å². The first-order valence-corrected chi connectivity index (χ1v) is 7.44. The second kappa shape index (κ2) is 7.75. The van der Waals surface area contributed by atoms with Gasteiger partial charge in [-0.3, -0.25) is 4.79 Å². The minimum atomic E-state index is -1.30. The molecule has 0 radical (unpaired) electrons. The van der Waals surface area contributed by atoms with Crippen LogP contribution in [0.3, 0.4) is 0 Å². The Hall–Kier alpha value is -2.38. The van der Waals surface area contributed by atoms with Crippen LogP contribution in [0.5, 0.6) is 11.5 Å². The fourth-order valence-electron chi connectivity index (χ4n) is 1.84. The van der Waals surface area contributed by atoms with Gasteiger partial charge in [0.05, 0.1) is 17.8 Å². The van der Waals surface area contributed by atoms with E-state index in [1.54, 1.807) is 42.5 Å². The van der Waals surface area contributed by atoms with Gasteiger partial charge in [-0.25, -0.2) is 5.43 Å². The third kappa shape index (κ3) is 4.30. The highest BCUT2D eigenvalue weighted by molar-refractivity contribution is 9.10. The summed E-state index contributed by atoms with van der Waals surface area (Å²) >= 11 is 3.19. The highest BCUT2D eigenvalue weighted by Gasteiger charge is 2.16. The van der Waals surface area contributed by atoms with Gasteiger partial charge in [-0.1, -0.05) is 30.3 Å². The molecule has 3 N–H and O–H groups in total. The molecule has 0 heterocycles. The van der Waals surface area contributed by atoms with Crippen LogP contribution in [0.1, 0.15) is 17.2 Å². The van der Waals surface area contributed by atoms with E-state index >= 15 is 0 Å². The van der Waals surface area contributed by atoms with Gasteiger partial charge in [-0.2, -0.15) is 5.10 Å². The zero-order valence-corrected chi connectivity index (χ0v) is 13.8. The summed E-state index contributed by atoms with van der Waals surface area (Å²) in [5.74, 6) is -0.387. The predicted molar refractivity (Wildman–Crippen MR) is 89.5 cm³/mol. The van der Waals surface area contributed by atoms with Gasteiger partial charge in [0.1, 0.15) is 0 Å². The third-order valence-electron chi connectivity index (χ3n) is 3.02. The molecule has 0 aromatic heterocycles. The molecule has 7 heteroatoms. The number of carbonyl (C=O) groups excluding carboxylic acids is 1. The van der Waals surface area contributed by atoms with Crippen LogP contribution in [-0.4, -0.2) is 29.4 Å². The van der Waals surface area contributed by atoms with Crippen molar-refractivity contribution in [1.82, 2.24) is 5.43 Å². The lowest BCUT2D eigenvalue weighted by Crippen LogP contribution is -2.25. The number of carbonyl (C=O) groups is 1. The number of benzene rings is 2. The molecule has 23 heavy (non-hydrogen) atoms. The number of hydrogen-bond acceptors (Lipinski definition) is 5. The van der Waals surface area contributed by atoms with Gasteiger partial charge in [-0.15, -0.1) is 0 Å². The van der Waals surface area contributed by atoms with Gasteiger partial charge >= 0.3 is 0 Å². The minimum absolute atomic E-state index is 0.0202. The highest BCUT2D eigenvalue weighted by Crippen LogP contribution is 2.34. The van der Waals surface area contributed by atoms with Crippen molar-refractivity contribution < 1.29 is 19.7 Å². The van der Waals surface area contributed by atoms with E-state index in [0.29, 0.717) is 15.6 Å². The van der Waals surface area contributed by atoms with Crippen LogP contribution in [0.4, 0.5) is 0 Å². The zero-order valence-electron chi connectivity index (χ0n) is 12.2. The van der Waals surface area contributed by atoms with Gasteiger partial charge in [0.25, 0.3) is 5.91 Å². The lowest BCUT2D eigenvalue weighted by Gasteiger charge is -2.09. The molecule has 0 fully saturated rings. The van der Waals surface area contributed by atoms with Crippen LogP contribution < -0.4 is 10.2 Å². The summed E-state index contributed by atoms with van der Waals surface area (Å²) in [4.78, 5) is 11.8. The fourth-order valence-corrected chi connectivity index (χ4v) is 2.30. The van der Waals surface area contributed by atoms with Crippen molar-refractivity contribution >= 4 is 28.1 Å². The Morgan fingerprint density at radius 2 is 2.04 bits per heavy atom. The van der Waals surface area contributed by atoms with Crippen molar-refractivity contribution in [2.24, 2.45) is 5.10 Å². The predicted octanol–water partition coefficient (Wildman–Crippen LogP) is 2.35. The van der Waals surface area contributed by atoms with Crippen LogP contribution in [0.15, 0.2) is 52.0 Å². The largest absolute Gasteiger partial charge is 0.503 e. The Labute approximate surface area is 141 Å². The van der Waals surface area contributed by atoms with Crippen LogP contribution in [-0.2, 0) is 4.79 Å². The Morgan fingerprint density at radius 1 is 1.35 bits per heavy atom. The first-order valence-electron chi connectivity index (χ1n) is 6.65. The maximum atomic E-state index is 11.8. The number of aliphatic hydroxyl groups excluding tert-OH is 1. The number of phenolic OH excluding ortho intramolecular Hbond substituents is 1. The van der Waals surface area contributed by atoms with Crippen molar-refractivity contribution in [2.45, 2.75) is 6.10 Å². The number of phenols is 1. The van der Waals surface area contributed by atoms with Crippen LogP contribution in [0.2, 0.25) is 0 Å². The summed E-state index contributed by atoms with van der Waals surface area (Å²) in [6.45, 7) is 0. The molecule has 1 amide bonds. The molecule has 2 aromatic carbocycles. The molecule has 0 saturated carbocycles. The molecule has 1 atom stereocenters. The molecule has 0 spiro atoms. The van der Waals surface area contributed by atoms with Crippen LogP contribution in [0.25, 0.3) is 0 Å². The molecule has 0 bridgehead atoms. The van der Waals surface area contributed by atoms with E-state index in [9.17, 15) is 15.0 Å². The Bertz CT molecular complexity index is 720. The number of ether oxygens (including phenoxy) is 1. The zero-order chi connectivity index (χ0) is 16.8. The van der Waals surface area contributed by atoms with E-state index in [4.69, 9.17) is 4.74 Å². The number of halogens is 1. The molecule has 0 unspecified atom stereocenters. The molecule has 0 aliphatic carbocycles. The number of methoxy groups -OCH3 is 1. The van der Waals surface area contributed by atoms with Crippen molar-refractivity contribution in [3.8, 4) is 11.5 Å². The van der Waals surface area contributed by atoms with E-state index in [1.807, 2.05) is 0 Å². The normalized spacial score (nSPS) is 12.1. The van der Waals surface area contributed by atoms with E-state index in [-0.39, 0.29) is 11.5 Å². The summed E-state index contributed by atoms with van der Waals surface area (Å²) in [6.07, 6.45) is 0.0805. The summed E-state index contributed by atoms with van der Waals surface area (Å²) in [7, 11) is 1.43. The monoisotopic (exact) mass is 378 g/mol. The average Bonchev–Trinajstić information content (AvgIpc) is 2.57. The molecule has 0 aliphatic heterocycles. The molecule has 0 saturated heterocycles. The number of hydrazone groups is 1. The molecule has 2 rings (SSSR count). The second-order valence-corrected chi connectivity index (χ2v) is 5.46. The van der Waals surface area contributed by atoms with Crippen molar-refractivity contribution in [3.05, 3.63) is 58.1 Å². The first kappa shape index (κ1) is 17.0. The molecule has 6 nitrogen and oxygen atoms in total.